The van der Waals surface area contributed by atoms with Crippen LogP contribution >= 0.6 is 0 Å². The fourth-order valence-electron chi connectivity index (χ4n) is 3.91. The van der Waals surface area contributed by atoms with E-state index >= 15 is 0 Å². The van der Waals surface area contributed by atoms with Crippen LogP contribution < -0.4 is 5.32 Å². The van der Waals surface area contributed by atoms with Gasteiger partial charge < -0.3 is 5.32 Å². The molecule has 0 spiro atoms. The molecule has 2 N–H and O–H groups in total. The summed E-state index contributed by atoms with van der Waals surface area (Å²) in [6.45, 7) is 4.23. The number of rotatable bonds is 3. The molecule has 1 heterocycles. The van der Waals surface area contributed by atoms with Crippen LogP contribution in [-0.2, 0) is 4.79 Å². The van der Waals surface area contributed by atoms with Gasteiger partial charge in [0.2, 0.25) is 5.91 Å². The molecule has 3 aromatic rings. The lowest BCUT2D eigenvalue weighted by atomic mass is 9.88. The second-order valence-corrected chi connectivity index (χ2v) is 7.48. The molecule has 0 atom stereocenters. The van der Waals surface area contributed by atoms with Gasteiger partial charge in [0, 0.05) is 11.3 Å². The van der Waals surface area contributed by atoms with Gasteiger partial charge in [0.05, 0.1) is 5.52 Å². The average Bonchev–Trinajstić information content (AvgIpc) is 3.06. The molecular weight excluding hydrogens is 322 g/mol. The summed E-state index contributed by atoms with van der Waals surface area (Å²) in [7, 11) is 0. The van der Waals surface area contributed by atoms with Crippen LogP contribution in [0.5, 0.6) is 0 Å². The molecule has 0 radical (unpaired) electrons. The number of carbonyl (C=O) groups is 1. The highest BCUT2D eigenvalue weighted by molar-refractivity contribution is 6.01. The summed E-state index contributed by atoms with van der Waals surface area (Å²) in [6.07, 6.45) is 5.53. The minimum Gasteiger partial charge on any atom is -0.308 e. The third-order valence-corrected chi connectivity index (χ3v) is 5.48. The standard InChI is InChI=1S/C22H25N3O/c1-14-8-9-15(2)19(12-14)17-10-11-18-20(13-17)24-25-21(18)23-22(26)16-6-4-3-5-7-16/h8-13,16H,3-7H2,1-2H3,(H2,23,24,25,26). The number of hydrogen-bond acceptors (Lipinski definition) is 2. The minimum atomic E-state index is 0.108. The van der Waals surface area contributed by atoms with E-state index in [9.17, 15) is 4.79 Å². The molecule has 0 unspecified atom stereocenters. The fourth-order valence-corrected chi connectivity index (χ4v) is 3.91. The lowest BCUT2D eigenvalue weighted by Gasteiger charge is -2.20. The zero-order chi connectivity index (χ0) is 18.1. The summed E-state index contributed by atoms with van der Waals surface area (Å²) in [5, 5.41) is 11.4. The first-order chi connectivity index (χ1) is 12.6. The molecule has 134 valence electrons. The molecule has 2 aromatic carbocycles. The lowest BCUT2D eigenvalue weighted by molar-refractivity contribution is -0.120. The minimum absolute atomic E-state index is 0.108. The Bertz CT molecular complexity index is 951. The van der Waals surface area contributed by atoms with Crippen molar-refractivity contribution in [3.63, 3.8) is 0 Å². The Balaban J connectivity index is 1.61. The monoisotopic (exact) mass is 347 g/mol. The number of benzene rings is 2. The van der Waals surface area contributed by atoms with E-state index in [1.165, 1.54) is 23.1 Å². The predicted octanol–water partition coefficient (Wildman–Crippen LogP) is 5.37. The van der Waals surface area contributed by atoms with Gasteiger partial charge in [-0.1, -0.05) is 49.1 Å². The summed E-state index contributed by atoms with van der Waals surface area (Å²) in [5.41, 5.74) is 5.83. The van der Waals surface area contributed by atoms with E-state index in [2.05, 4.69) is 59.7 Å². The predicted molar refractivity (Wildman–Crippen MR) is 106 cm³/mol. The quantitative estimate of drug-likeness (QED) is 0.669. The number of aromatic nitrogens is 2. The van der Waals surface area contributed by atoms with Crippen molar-refractivity contribution in [1.82, 2.24) is 10.2 Å². The first kappa shape index (κ1) is 16.8. The van der Waals surface area contributed by atoms with Gasteiger partial charge in [-0.05, 0) is 55.5 Å². The Hall–Kier alpha value is -2.62. The van der Waals surface area contributed by atoms with Crippen LogP contribution in [0.4, 0.5) is 5.82 Å². The van der Waals surface area contributed by atoms with Crippen molar-refractivity contribution in [2.45, 2.75) is 46.0 Å². The number of carbonyl (C=O) groups excluding carboxylic acids is 1. The van der Waals surface area contributed by atoms with Crippen molar-refractivity contribution in [3.8, 4) is 11.1 Å². The van der Waals surface area contributed by atoms with Gasteiger partial charge in [-0.3, -0.25) is 9.89 Å². The molecule has 0 aliphatic heterocycles. The van der Waals surface area contributed by atoms with Gasteiger partial charge in [-0.2, -0.15) is 5.10 Å². The molecule has 0 bridgehead atoms. The molecule has 1 saturated carbocycles. The third kappa shape index (κ3) is 3.24. The maximum absolute atomic E-state index is 12.5. The van der Waals surface area contributed by atoms with Crippen LogP contribution in [0.3, 0.4) is 0 Å². The van der Waals surface area contributed by atoms with Crippen molar-refractivity contribution < 1.29 is 4.79 Å². The molecule has 26 heavy (non-hydrogen) atoms. The van der Waals surface area contributed by atoms with E-state index in [4.69, 9.17) is 0 Å². The zero-order valence-electron chi connectivity index (χ0n) is 15.4. The SMILES string of the molecule is Cc1ccc(C)c(-c2ccc3c(NC(=O)C4CCCCC4)n[nH]c3c2)c1. The maximum Gasteiger partial charge on any atom is 0.228 e. The van der Waals surface area contributed by atoms with Crippen molar-refractivity contribution >= 4 is 22.6 Å². The first-order valence-corrected chi connectivity index (χ1v) is 9.48. The molecule has 4 heteroatoms. The Morgan fingerprint density at radius 2 is 1.88 bits per heavy atom. The molecule has 1 aromatic heterocycles. The number of fused-ring (bicyclic) bond motifs is 1. The van der Waals surface area contributed by atoms with Crippen molar-refractivity contribution in [3.05, 3.63) is 47.5 Å². The Kier molecular flexibility index (Phi) is 4.49. The molecule has 1 aliphatic rings. The number of aromatic amines is 1. The van der Waals surface area contributed by atoms with E-state index in [1.807, 2.05) is 6.07 Å². The molecule has 1 aliphatic carbocycles. The first-order valence-electron chi connectivity index (χ1n) is 9.48. The Labute approximate surface area is 154 Å². The summed E-state index contributed by atoms with van der Waals surface area (Å²) in [5.74, 6) is 0.879. The van der Waals surface area contributed by atoms with Crippen LogP contribution in [0.2, 0.25) is 0 Å². The highest BCUT2D eigenvalue weighted by atomic mass is 16.1. The van der Waals surface area contributed by atoms with Crippen molar-refractivity contribution in [1.29, 1.82) is 0 Å². The van der Waals surface area contributed by atoms with Crippen LogP contribution in [-0.4, -0.2) is 16.1 Å². The normalized spacial score (nSPS) is 15.3. The van der Waals surface area contributed by atoms with Crippen LogP contribution in [0.25, 0.3) is 22.0 Å². The van der Waals surface area contributed by atoms with Crippen LogP contribution in [0, 0.1) is 19.8 Å². The number of H-pyrrole nitrogens is 1. The number of amides is 1. The molecule has 4 rings (SSSR count). The molecule has 1 fully saturated rings. The number of nitrogens with zero attached hydrogens (tertiary/aromatic N) is 1. The maximum atomic E-state index is 12.5. The van der Waals surface area contributed by atoms with E-state index in [0.29, 0.717) is 5.82 Å². The molecule has 4 nitrogen and oxygen atoms in total. The number of nitrogens with one attached hydrogen (secondary N) is 2. The van der Waals surface area contributed by atoms with Crippen LogP contribution in [0.1, 0.15) is 43.2 Å². The third-order valence-electron chi connectivity index (χ3n) is 5.48. The van der Waals surface area contributed by atoms with Gasteiger partial charge in [0.15, 0.2) is 5.82 Å². The number of anilines is 1. The van der Waals surface area contributed by atoms with E-state index in [-0.39, 0.29) is 11.8 Å². The average molecular weight is 347 g/mol. The van der Waals surface area contributed by atoms with Gasteiger partial charge >= 0.3 is 0 Å². The highest BCUT2D eigenvalue weighted by Gasteiger charge is 2.22. The highest BCUT2D eigenvalue weighted by Crippen LogP contribution is 2.30. The number of aryl methyl sites for hydroxylation is 2. The molecular formula is C22H25N3O. The van der Waals surface area contributed by atoms with Gasteiger partial charge in [0.1, 0.15) is 0 Å². The second kappa shape index (κ2) is 6.94. The smallest absolute Gasteiger partial charge is 0.228 e. The second-order valence-electron chi connectivity index (χ2n) is 7.48. The zero-order valence-corrected chi connectivity index (χ0v) is 15.4. The molecule has 1 amide bonds. The largest absolute Gasteiger partial charge is 0.308 e. The fraction of sp³-hybridized carbons (Fsp3) is 0.364. The lowest BCUT2D eigenvalue weighted by Crippen LogP contribution is -2.24. The van der Waals surface area contributed by atoms with E-state index in [1.54, 1.807) is 0 Å². The van der Waals surface area contributed by atoms with Gasteiger partial charge in [0.25, 0.3) is 0 Å². The van der Waals surface area contributed by atoms with Crippen LogP contribution in [0.15, 0.2) is 36.4 Å². The van der Waals surface area contributed by atoms with E-state index < -0.39 is 0 Å². The number of hydrogen-bond donors (Lipinski definition) is 2. The summed E-state index contributed by atoms with van der Waals surface area (Å²) in [6, 6.07) is 12.8. The summed E-state index contributed by atoms with van der Waals surface area (Å²) < 4.78 is 0. The van der Waals surface area contributed by atoms with Crippen molar-refractivity contribution in [2.75, 3.05) is 5.32 Å². The van der Waals surface area contributed by atoms with Gasteiger partial charge in [-0.15, -0.1) is 0 Å². The Morgan fingerprint density at radius 3 is 2.69 bits per heavy atom. The molecule has 0 saturated heterocycles. The Morgan fingerprint density at radius 1 is 1.08 bits per heavy atom. The van der Waals surface area contributed by atoms with Crippen molar-refractivity contribution in [2.24, 2.45) is 5.92 Å². The van der Waals surface area contributed by atoms with E-state index in [0.717, 1.165) is 42.1 Å². The summed E-state index contributed by atoms with van der Waals surface area (Å²) >= 11 is 0. The van der Waals surface area contributed by atoms with Gasteiger partial charge in [-0.25, -0.2) is 0 Å². The topological polar surface area (TPSA) is 57.8 Å². The summed E-state index contributed by atoms with van der Waals surface area (Å²) in [4.78, 5) is 12.5.